The van der Waals surface area contributed by atoms with Crippen LogP contribution in [0.4, 0.5) is 34.1 Å². The second-order valence-electron chi connectivity index (χ2n) is 23.9. The first-order chi connectivity index (χ1) is 39.3. The van der Waals surface area contributed by atoms with Gasteiger partial charge >= 0.3 is 19.8 Å². The molecule has 0 bridgehead atoms. The van der Waals surface area contributed by atoms with Crippen molar-refractivity contribution in [1.82, 2.24) is 0 Å². The summed E-state index contributed by atoms with van der Waals surface area (Å²) in [5.74, 6) is 0.878. The molecule has 13 aromatic carbocycles. The van der Waals surface area contributed by atoms with Crippen molar-refractivity contribution in [3.05, 3.63) is 243 Å². The van der Waals surface area contributed by atoms with Gasteiger partial charge in [0.15, 0.2) is 0 Å². The van der Waals surface area contributed by atoms with Crippen LogP contribution in [0.25, 0.3) is 86.9 Å². The van der Waals surface area contributed by atoms with E-state index in [0.717, 1.165) is 52.7 Å². The van der Waals surface area contributed by atoms with Crippen LogP contribution < -0.4 is 14.5 Å². The van der Waals surface area contributed by atoms with E-state index in [4.69, 9.17) is 4.74 Å². The maximum atomic E-state index is 6.32. The molecule has 0 saturated carbocycles. The minimum Gasteiger partial charge on any atom is -0.491 e. The van der Waals surface area contributed by atoms with Gasteiger partial charge in [-0.15, -0.1) is 12.1 Å². The predicted molar refractivity (Wildman–Crippen MR) is 351 cm³/mol. The van der Waals surface area contributed by atoms with E-state index in [2.05, 4.69) is 291 Å². The molecular formula is C78H72N2OOs. The van der Waals surface area contributed by atoms with Crippen LogP contribution in [-0.2, 0) is 30.6 Å². The summed E-state index contributed by atoms with van der Waals surface area (Å²) in [6.45, 7) is 23.7. The maximum Gasteiger partial charge on any atom is 2.00 e. The van der Waals surface area contributed by atoms with Crippen LogP contribution in [0.3, 0.4) is 0 Å². The van der Waals surface area contributed by atoms with Crippen LogP contribution in [-0.4, -0.2) is 6.10 Å². The van der Waals surface area contributed by atoms with E-state index < -0.39 is 0 Å². The van der Waals surface area contributed by atoms with Crippen LogP contribution >= 0.6 is 0 Å². The summed E-state index contributed by atoms with van der Waals surface area (Å²) in [5, 5.41) is 15.1. The molecule has 0 radical (unpaired) electrons. The summed E-state index contributed by atoms with van der Waals surface area (Å²) < 4.78 is 6.32. The van der Waals surface area contributed by atoms with Gasteiger partial charge in [-0.3, -0.25) is 0 Å². The Morgan fingerprint density at radius 3 is 1.13 bits per heavy atom. The number of benzene rings is 11. The fraction of sp³-hybridized carbons (Fsp3) is 0.192. The molecule has 0 N–H and O–H groups in total. The summed E-state index contributed by atoms with van der Waals surface area (Å²) in [4.78, 5) is 4.86. The third-order valence-corrected chi connectivity index (χ3v) is 16.5. The van der Waals surface area contributed by atoms with E-state index in [1.807, 2.05) is 12.1 Å². The minimum absolute atomic E-state index is 0. The molecule has 0 aromatic heterocycles. The third-order valence-electron chi connectivity index (χ3n) is 16.5. The third kappa shape index (κ3) is 9.94. The van der Waals surface area contributed by atoms with Crippen LogP contribution in [0.15, 0.2) is 218 Å². The van der Waals surface area contributed by atoms with Gasteiger partial charge < -0.3 is 21.5 Å². The van der Waals surface area contributed by atoms with Crippen molar-refractivity contribution < 1.29 is 24.5 Å². The molecule has 82 heavy (non-hydrogen) atoms. The monoisotopic (exact) mass is 1240 g/mol. The average molecular weight is 1240 g/mol. The Labute approximate surface area is 498 Å². The zero-order valence-electron chi connectivity index (χ0n) is 48.8. The van der Waals surface area contributed by atoms with Gasteiger partial charge in [0.25, 0.3) is 0 Å². The smallest absolute Gasteiger partial charge is 0.491 e. The molecule has 1 atom stereocenters. The summed E-state index contributed by atoms with van der Waals surface area (Å²) >= 11 is 0. The van der Waals surface area contributed by atoms with E-state index >= 15 is 0 Å². The molecule has 0 aliphatic heterocycles. The fourth-order valence-corrected chi connectivity index (χ4v) is 12.2. The number of hydrogen-bond donors (Lipinski definition) is 0. The molecule has 4 heteroatoms. The van der Waals surface area contributed by atoms with Gasteiger partial charge in [-0.05, 0) is 172 Å². The number of nitrogens with zero attached hydrogens (tertiary/aromatic N) is 2. The van der Waals surface area contributed by atoms with Crippen molar-refractivity contribution in [2.75, 3.05) is 9.80 Å². The summed E-state index contributed by atoms with van der Waals surface area (Å²) in [5.41, 5.74) is 14.3. The van der Waals surface area contributed by atoms with E-state index in [1.165, 1.54) is 104 Å². The Hall–Kier alpha value is -8.02. The van der Waals surface area contributed by atoms with E-state index in [-0.39, 0.29) is 36.7 Å². The first-order valence-electron chi connectivity index (χ1n) is 29.1. The molecule has 3 nitrogen and oxygen atoms in total. The second kappa shape index (κ2) is 22.7. The zero-order valence-corrected chi connectivity index (χ0v) is 51.4. The molecule has 0 saturated heterocycles. The summed E-state index contributed by atoms with van der Waals surface area (Å²) in [6, 6.07) is 84.5. The first kappa shape index (κ1) is 55.9. The van der Waals surface area contributed by atoms with Gasteiger partial charge in [0.1, 0.15) is 5.75 Å². The van der Waals surface area contributed by atoms with E-state index in [1.54, 1.807) is 0 Å². The van der Waals surface area contributed by atoms with Crippen molar-refractivity contribution in [2.24, 2.45) is 0 Å². The second-order valence-corrected chi connectivity index (χ2v) is 23.9. The molecule has 13 aromatic rings. The Bertz CT molecular complexity index is 4210. The standard InChI is InChI=1S/C74H63N2O.C4H9.Os/c1-9-47(2)77-56-41-39-55(40-42-56)76(54-37-33-51(34-38-54)74(6,7)8)64-46-44-62-68-58(64)28-20-30-60(68)70-65(48-21-13-10-14-22-48)69-59-29-19-27-57-63(45-43-61(67(57)59)71(69)66(72(62)70)49-23-15-11-16-24-49)75(52-25-17-12-18-26-52)53-35-31-50(32-36-53)73(3,4)5;1-3-4-2;/h10-11,13-47H,9H2,1-8H3;1,3-4H2,2H3;/q2*-1;+2. The zero-order chi connectivity index (χ0) is 56.2. The molecule has 0 aliphatic rings. The number of ether oxygens (including phenoxy) is 1. The van der Waals surface area contributed by atoms with Crippen LogP contribution in [0.1, 0.15) is 92.7 Å². The van der Waals surface area contributed by atoms with Crippen molar-refractivity contribution in [3.8, 4) is 28.0 Å². The Morgan fingerprint density at radius 1 is 0.415 bits per heavy atom. The minimum atomic E-state index is 0. The Balaban J connectivity index is 0.00000137. The Morgan fingerprint density at radius 2 is 0.768 bits per heavy atom. The van der Waals surface area contributed by atoms with E-state index in [0.29, 0.717) is 0 Å². The molecular weight excluding hydrogens is 1170 g/mol. The van der Waals surface area contributed by atoms with E-state index in [9.17, 15) is 0 Å². The van der Waals surface area contributed by atoms with Gasteiger partial charge in [-0.2, -0.15) is 24.6 Å². The summed E-state index contributed by atoms with van der Waals surface area (Å²) in [7, 11) is 0. The Kier molecular flexibility index (Phi) is 15.5. The fourth-order valence-electron chi connectivity index (χ4n) is 12.2. The van der Waals surface area contributed by atoms with Gasteiger partial charge in [0.2, 0.25) is 0 Å². The topological polar surface area (TPSA) is 15.7 Å². The largest absolute Gasteiger partial charge is 2.00 e. The number of anilines is 6. The number of rotatable bonds is 12. The molecule has 1 unspecified atom stereocenters. The van der Waals surface area contributed by atoms with Gasteiger partial charge in [0, 0.05) is 27.8 Å². The van der Waals surface area contributed by atoms with Crippen LogP contribution in [0, 0.1) is 13.0 Å². The first-order valence-corrected chi connectivity index (χ1v) is 29.1. The molecule has 0 spiro atoms. The maximum absolute atomic E-state index is 6.32. The van der Waals surface area contributed by atoms with Crippen LogP contribution in [0.5, 0.6) is 5.75 Å². The van der Waals surface area contributed by atoms with Crippen molar-refractivity contribution in [2.45, 2.75) is 98.5 Å². The average Bonchev–Trinajstić information content (AvgIpc) is 1.72. The van der Waals surface area contributed by atoms with Crippen LogP contribution in [0.2, 0.25) is 0 Å². The molecule has 408 valence electrons. The number of unbranched alkanes of at least 4 members (excludes halogenated alkanes) is 1. The molecule has 0 amide bonds. The SMILES string of the molecule is CCC(C)Oc1ccc(N(c2ccc(C(C)(C)C)cc2)c2ccc3c4c(-c5ccccc5)c5c6ccc(N(c7cc[c-]cc7)c7ccc(C(C)(C)C)cc7)c7cccc(c5c(-c5ccccc5)c4c4cccc2c43)c76)cc1.[CH2-]CCC.[Os+2]. The van der Waals surface area contributed by atoms with Gasteiger partial charge in [0.05, 0.1) is 17.5 Å². The number of fused-ring (bicyclic) bond motifs is 6. The normalized spacial score (nSPS) is 12.3. The van der Waals surface area contributed by atoms with Gasteiger partial charge in [-0.1, -0.05) is 201 Å². The molecule has 0 aliphatic carbocycles. The summed E-state index contributed by atoms with van der Waals surface area (Å²) in [6.07, 6.45) is 3.36. The van der Waals surface area contributed by atoms with Gasteiger partial charge in [-0.25, -0.2) is 0 Å². The predicted octanol–water partition coefficient (Wildman–Crippen LogP) is 22.9. The number of hydrogen-bond acceptors (Lipinski definition) is 3. The molecule has 0 fully saturated rings. The van der Waals surface area contributed by atoms with Crippen molar-refractivity contribution >= 4 is 98.8 Å². The van der Waals surface area contributed by atoms with Crippen molar-refractivity contribution in [1.29, 1.82) is 0 Å². The molecule has 0 heterocycles. The molecule has 13 rings (SSSR count). The van der Waals surface area contributed by atoms with Crippen molar-refractivity contribution in [3.63, 3.8) is 0 Å². The quantitative estimate of drug-likeness (QED) is 0.113.